The first kappa shape index (κ1) is 16.7. The molecule has 1 fully saturated rings. The summed E-state index contributed by atoms with van der Waals surface area (Å²) in [6.07, 6.45) is 2.55. The Morgan fingerprint density at radius 2 is 2.04 bits per heavy atom. The van der Waals surface area contributed by atoms with Crippen LogP contribution in [0.5, 0.6) is 5.75 Å². The lowest BCUT2D eigenvalue weighted by molar-refractivity contribution is -0.137. The fraction of sp³-hybridized carbons (Fsp3) is 0.200. The van der Waals surface area contributed by atoms with Gasteiger partial charge in [-0.2, -0.15) is 0 Å². The van der Waals surface area contributed by atoms with Crippen LogP contribution >= 0.6 is 11.8 Å². The number of methoxy groups -OCH3 is 1. The molecule has 0 bridgehead atoms. The molecule has 2 aromatic carbocycles. The monoisotopic (exact) mass is 366 g/mol. The summed E-state index contributed by atoms with van der Waals surface area (Å²) in [7, 11) is 1.65. The molecule has 4 rings (SSSR count). The molecular formula is C20H18N2O3S. The minimum absolute atomic E-state index is 0.170. The number of nitrogens with zero attached hydrogens (tertiary/aromatic N) is 2. The molecule has 1 unspecified atom stereocenters. The van der Waals surface area contributed by atoms with E-state index in [0.717, 1.165) is 27.9 Å². The van der Waals surface area contributed by atoms with Crippen LogP contribution in [0.4, 0.5) is 0 Å². The summed E-state index contributed by atoms with van der Waals surface area (Å²) < 4.78 is 12.5. The van der Waals surface area contributed by atoms with Crippen molar-refractivity contribution in [2.45, 2.75) is 16.8 Å². The van der Waals surface area contributed by atoms with Crippen LogP contribution in [0.25, 0.3) is 16.9 Å². The molecule has 0 saturated carbocycles. The largest absolute Gasteiger partial charge is 0.497 e. The second kappa shape index (κ2) is 7.25. The number of carbonyl (C=O) groups is 1. The van der Waals surface area contributed by atoms with Crippen LogP contribution < -0.4 is 4.74 Å². The number of rotatable bonds is 5. The summed E-state index contributed by atoms with van der Waals surface area (Å²) in [5.74, 6) is 0.600. The van der Waals surface area contributed by atoms with E-state index >= 15 is 0 Å². The van der Waals surface area contributed by atoms with Crippen LogP contribution in [-0.4, -0.2) is 34.5 Å². The number of ether oxygens (including phenoxy) is 2. The number of benzene rings is 2. The normalized spacial score (nSPS) is 16.5. The van der Waals surface area contributed by atoms with Gasteiger partial charge in [0.25, 0.3) is 0 Å². The van der Waals surface area contributed by atoms with Gasteiger partial charge < -0.3 is 9.47 Å². The number of cyclic esters (lactones) is 1. The van der Waals surface area contributed by atoms with Crippen molar-refractivity contribution in [1.29, 1.82) is 0 Å². The van der Waals surface area contributed by atoms with Crippen LogP contribution in [0.2, 0.25) is 0 Å². The number of thioether (sulfide) groups is 1. The molecular weight excluding hydrogens is 348 g/mol. The van der Waals surface area contributed by atoms with Gasteiger partial charge in [-0.1, -0.05) is 48.2 Å². The average Bonchev–Trinajstić information content (AvgIpc) is 3.29. The topological polar surface area (TPSA) is 53.4 Å². The van der Waals surface area contributed by atoms with Crippen LogP contribution in [0.15, 0.2) is 66.0 Å². The molecule has 3 aromatic rings. The fourth-order valence-electron chi connectivity index (χ4n) is 2.94. The van der Waals surface area contributed by atoms with E-state index in [0.29, 0.717) is 13.0 Å². The highest BCUT2D eigenvalue weighted by molar-refractivity contribution is 8.00. The van der Waals surface area contributed by atoms with Gasteiger partial charge in [0.2, 0.25) is 0 Å². The summed E-state index contributed by atoms with van der Waals surface area (Å²) in [6.45, 7) is 0.474. The Kier molecular flexibility index (Phi) is 4.67. The lowest BCUT2D eigenvalue weighted by Gasteiger charge is -2.14. The van der Waals surface area contributed by atoms with E-state index in [4.69, 9.17) is 9.47 Å². The minimum Gasteiger partial charge on any atom is -0.497 e. The van der Waals surface area contributed by atoms with Crippen LogP contribution in [-0.2, 0) is 9.53 Å². The molecule has 2 heterocycles. The summed E-state index contributed by atoms with van der Waals surface area (Å²) in [5, 5.41) is 0.548. The number of carbonyl (C=O) groups excluding carboxylic acids is 1. The molecule has 1 aliphatic rings. The Balaban J connectivity index is 1.81. The second-order valence-corrected chi connectivity index (χ2v) is 7.06. The van der Waals surface area contributed by atoms with Crippen molar-refractivity contribution in [2.75, 3.05) is 13.7 Å². The van der Waals surface area contributed by atoms with Gasteiger partial charge in [-0.3, -0.25) is 9.36 Å². The highest BCUT2D eigenvalue weighted by atomic mass is 32.2. The molecule has 0 spiro atoms. The standard InChI is InChI=1S/C20H18N2O3S/c1-24-16-9-5-8-15(12-16)22-17(14-6-3-2-4-7-14)13-21-20(22)26-18-10-11-25-19(18)23/h2-9,12-13,18H,10-11H2,1H3. The van der Waals surface area contributed by atoms with E-state index in [1.807, 2.05) is 60.8 Å². The fourth-order valence-corrected chi connectivity index (χ4v) is 4.00. The molecule has 0 aliphatic carbocycles. The predicted octanol–water partition coefficient (Wildman–Crippen LogP) is 3.96. The summed E-state index contributed by atoms with van der Waals surface area (Å²) in [5.41, 5.74) is 2.96. The first-order valence-corrected chi connectivity index (χ1v) is 9.25. The van der Waals surface area contributed by atoms with Crippen molar-refractivity contribution >= 4 is 17.7 Å². The highest BCUT2D eigenvalue weighted by Gasteiger charge is 2.30. The number of hydrogen-bond donors (Lipinski definition) is 0. The van der Waals surface area contributed by atoms with Gasteiger partial charge in [0.1, 0.15) is 11.0 Å². The first-order chi connectivity index (χ1) is 12.8. The van der Waals surface area contributed by atoms with Crippen LogP contribution in [0.3, 0.4) is 0 Å². The summed E-state index contributed by atoms with van der Waals surface area (Å²) >= 11 is 1.45. The number of hydrogen-bond acceptors (Lipinski definition) is 5. The maximum atomic E-state index is 11.9. The van der Waals surface area contributed by atoms with Gasteiger partial charge in [-0.05, 0) is 12.1 Å². The van der Waals surface area contributed by atoms with Crippen molar-refractivity contribution in [3.63, 3.8) is 0 Å². The van der Waals surface area contributed by atoms with Gasteiger partial charge in [0, 0.05) is 18.1 Å². The molecule has 26 heavy (non-hydrogen) atoms. The van der Waals surface area contributed by atoms with Gasteiger partial charge in [-0.25, -0.2) is 4.98 Å². The molecule has 132 valence electrons. The third-order valence-corrected chi connectivity index (χ3v) is 5.46. The van der Waals surface area contributed by atoms with Crippen LogP contribution in [0.1, 0.15) is 6.42 Å². The van der Waals surface area contributed by atoms with Crippen molar-refractivity contribution in [3.05, 3.63) is 60.8 Å². The van der Waals surface area contributed by atoms with Gasteiger partial charge in [0.15, 0.2) is 5.16 Å². The highest BCUT2D eigenvalue weighted by Crippen LogP contribution is 2.35. The number of aromatic nitrogens is 2. The summed E-state index contributed by atoms with van der Waals surface area (Å²) in [6, 6.07) is 17.9. The van der Waals surface area contributed by atoms with Crippen molar-refractivity contribution in [3.8, 4) is 22.7 Å². The Bertz CT molecular complexity index is 924. The lowest BCUT2D eigenvalue weighted by atomic mass is 10.1. The maximum Gasteiger partial charge on any atom is 0.319 e. The van der Waals surface area contributed by atoms with Gasteiger partial charge in [0.05, 0.1) is 31.3 Å². The molecule has 1 aromatic heterocycles. The molecule has 1 atom stereocenters. The Hall–Kier alpha value is -2.73. The SMILES string of the molecule is COc1cccc(-n2c(-c3ccccc3)cnc2SC2CCOC2=O)c1. The number of esters is 1. The predicted molar refractivity (Wildman–Crippen MR) is 101 cm³/mol. The molecule has 1 aliphatic heterocycles. The van der Waals surface area contributed by atoms with Crippen LogP contribution in [0, 0.1) is 0 Å². The Labute approximate surface area is 156 Å². The molecule has 5 nitrogen and oxygen atoms in total. The maximum absolute atomic E-state index is 11.9. The first-order valence-electron chi connectivity index (χ1n) is 8.37. The molecule has 0 radical (unpaired) electrons. The van der Waals surface area contributed by atoms with E-state index in [-0.39, 0.29) is 11.2 Å². The number of imidazole rings is 1. The van der Waals surface area contributed by atoms with Gasteiger partial charge >= 0.3 is 5.97 Å². The Morgan fingerprint density at radius 1 is 1.19 bits per heavy atom. The van der Waals surface area contributed by atoms with Crippen molar-refractivity contribution < 1.29 is 14.3 Å². The summed E-state index contributed by atoms with van der Waals surface area (Å²) in [4.78, 5) is 16.5. The van der Waals surface area contributed by atoms with Crippen molar-refractivity contribution in [2.24, 2.45) is 0 Å². The molecule has 0 N–H and O–H groups in total. The average molecular weight is 366 g/mol. The van der Waals surface area contributed by atoms with E-state index in [1.165, 1.54) is 11.8 Å². The second-order valence-electron chi connectivity index (χ2n) is 5.89. The Morgan fingerprint density at radius 3 is 2.77 bits per heavy atom. The third kappa shape index (κ3) is 3.20. The lowest BCUT2D eigenvalue weighted by Crippen LogP contribution is -2.11. The van der Waals surface area contributed by atoms with E-state index in [1.54, 1.807) is 7.11 Å². The third-order valence-electron chi connectivity index (χ3n) is 4.25. The van der Waals surface area contributed by atoms with Crippen molar-refractivity contribution in [1.82, 2.24) is 9.55 Å². The van der Waals surface area contributed by atoms with E-state index in [9.17, 15) is 4.79 Å². The van der Waals surface area contributed by atoms with Gasteiger partial charge in [-0.15, -0.1) is 0 Å². The molecule has 1 saturated heterocycles. The molecule has 0 amide bonds. The zero-order chi connectivity index (χ0) is 17.9. The van der Waals surface area contributed by atoms with E-state index < -0.39 is 0 Å². The quantitative estimate of drug-likeness (QED) is 0.640. The molecule has 6 heteroatoms. The smallest absolute Gasteiger partial charge is 0.319 e. The minimum atomic E-state index is -0.217. The zero-order valence-corrected chi connectivity index (χ0v) is 15.1. The van der Waals surface area contributed by atoms with E-state index in [2.05, 4.69) is 9.55 Å². The zero-order valence-electron chi connectivity index (χ0n) is 14.3.